The molecule has 0 saturated carbocycles. The number of hydrogen-bond donors (Lipinski definition) is 1. The van der Waals surface area contributed by atoms with Crippen LogP contribution in [0.4, 0.5) is 0 Å². The van der Waals surface area contributed by atoms with E-state index >= 15 is 0 Å². The minimum atomic E-state index is 0.848. The van der Waals surface area contributed by atoms with E-state index in [4.69, 9.17) is 4.84 Å². The largest absolute Gasteiger partial charge is 0.305 e. The van der Waals surface area contributed by atoms with Gasteiger partial charge in [-0.3, -0.25) is 0 Å². The smallest absolute Gasteiger partial charge is 0.0572 e. The SMILES string of the molecule is CONCC1=CCCN(C)C1. The molecule has 0 aromatic heterocycles. The van der Waals surface area contributed by atoms with Gasteiger partial charge in [0.1, 0.15) is 0 Å². The molecular weight excluding hydrogens is 140 g/mol. The monoisotopic (exact) mass is 156 g/mol. The molecule has 1 rings (SSSR count). The molecule has 0 aliphatic carbocycles. The van der Waals surface area contributed by atoms with E-state index in [2.05, 4.69) is 23.5 Å². The number of nitrogens with one attached hydrogen (secondary N) is 1. The molecule has 0 bridgehead atoms. The highest BCUT2D eigenvalue weighted by molar-refractivity contribution is 5.08. The van der Waals surface area contributed by atoms with Crippen LogP contribution in [0.1, 0.15) is 6.42 Å². The van der Waals surface area contributed by atoms with Gasteiger partial charge in [-0.1, -0.05) is 6.08 Å². The van der Waals surface area contributed by atoms with Crippen molar-refractivity contribution in [3.63, 3.8) is 0 Å². The third-order valence-electron chi connectivity index (χ3n) is 1.86. The summed E-state index contributed by atoms with van der Waals surface area (Å²) in [6, 6.07) is 0. The summed E-state index contributed by atoms with van der Waals surface area (Å²) >= 11 is 0. The molecule has 0 atom stereocenters. The van der Waals surface area contributed by atoms with Crippen molar-refractivity contribution in [3.05, 3.63) is 11.6 Å². The first-order valence-electron chi connectivity index (χ1n) is 3.95. The number of hydroxylamine groups is 1. The van der Waals surface area contributed by atoms with Crippen molar-refractivity contribution in [2.24, 2.45) is 0 Å². The maximum atomic E-state index is 4.77. The first kappa shape index (κ1) is 8.71. The molecule has 1 heterocycles. The zero-order chi connectivity index (χ0) is 8.10. The second-order valence-corrected chi connectivity index (χ2v) is 2.91. The highest BCUT2D eigenvalue weighted by Crippen LogP contribution is 2.05. The highest BCUT2D eigenvalue weighted by Gasteiger charge is 2.06. The van der Waals surface area contributed by atoms with Crippen LogP contribution >= 0.6 is 0 Å². The molecule has 1 aliphatic heterocycles. The summed E-state index contributed by atoms with van der Waals surface area (Å²) < 4.78 is 0. The van der Waals surface area contributed by atoms with Crippen LogP contribution in [0.2, 0.25) is 0 Å². The summed E-state index contributed by atoms with van der Waals surface area (Å²) in [5.41, 5.74) is 4.26. The van der Waals surface area contributed by atoms with Gasteiger partial charge in [0.15, 0.2) is 0 Å². The number of hydrogen-bond acceptors (Lipinski definition) is 3. The van der Waals surface area contributed by atoms with Gasteiger partial charge in [-0.25, -0.2) is 0 Å². The Labute approximate surface area is 68.0 Å². The zero-order valence-electron chi connectivity index (χ0n) is 7.26. The van der Waals surface area contributed by atoms with Crippen molar-refractivity contribution >= 4 is 0 Å². The Morgan fingerprint density at radius 1 is 1.73 bits per heavy atom. The van der Waals surface area contributed by atoms with Crippen LogP contribution in [0, 0.1) is 0 Å². The van der Waals surface area contributed by atoms with E-state index in [1.165, 1.54) is 12.1 Å². The summed E-state index contributed by atoms with van der Waals surface area (Å²) in [6.07, 6.45) is 3.45. The van der Waals surface area contributed by atoms with Gasteiger partial charge in [0, 0.05) is 19.6 Å². The molecule has 64 valence electrons. The fourth-order valence-electron chi connectivity index (χ4n) is 1.27. The first-order valence-corrected chi connectivity index (χ1v) is 3.95. The standard InChI is InChI=1S/C8H16N2O/c1-10-5-3-4-8(7-10)6-9-11-2/h4,9H,3,5-7H2,1-2H3. The fourth-order valence-corrected chi connectivity index (χ4v) is 1.27. The third-order valence-corrected chi connectivity index (χ3v) is 1.86. The number of likely N-dealkylation sites (N-methyl/N-ethyl adjacent to an activating group) is 1. The van der Waals surface area contributed by atoms with Gasteiger partial charge >= 0.3 is 0 Å². The van der Waals surface area contributed by atoms with Crippen molar-refractivity contribution in [1.82, 2.24) is 10.4 Å². The Morgan fingerprint density at radius 3 is 3.18 bits per heavy atom. The molecule has 0 fully saturated rings. The fraction of sp³-hybridized carbons (Fsp3) is 0.750. The molecule has 0 spiro atoms. The molecule has 0 radical (unpaired) electrons. The van der Waals surface area contributed by atoms with Crippen molar-refractivity contribution in [2.75, 3.05) is 33.8 Å². The summed E-state index contributed by atoms with van der Waals surface area (Å²) in [6.45, 7) is 3.09. The van der Waals surface area contributed by atoms with E-state index in [1.54, 1.807) is 7.11 Å². The topological polar surface area (TPSA) is 24.5 Å². The molecule has 3 heteroatoms. The lowest BCUT2D eigenvalue weighted by Gasteiger charge is -2.22. The van der Waals surface area contributed by atoms with Crippen LogP contribution in [0.3, 0.4) is 0 Å². The van der Waals surface area contributed by atoms with Crippen LogP contribution in [0.15, 0.2) is 11.6 Å². The van der Waals surface area contributed by atoms with Gasteiger partial charge in [-0.15, -0.1) is 0 Å². The molecule has 0 unspecified atom stereocenters. The predicted molar refractivity (Wildman–Crippen MR) is 45.2 cm³/mol. The summed E-state index contributed by atoms with van der Waals surface area (Å²) in [4.78, 5) is 7.08. The molecule has 11 heavy (non-hydrogen) atoms. The average Bonchev–Trinajstić information content (AvgIpc) is 2.01. The molecule has 0 aromatic rings. The molecular formula is C8H16N2O. The second kappa shape index (κ2) is 4.49. The van der Waals surface area contributed by atoms with Crippen molar-refractivity contribution in [2.45, 2.75) is 6.42 Å². The Morgan fingerprint density at radius 2 is 2.55 bits per heavy atom. The van der Waals surface area contributed by atoms with Crippen molar-refractivity contribution < 1.29 is 4.84 Å². The van der Waals surface area contributed by atoms with E-state index in [0.29, 0.717) is 0 Å². The minimum absolute atomic E-state index is 0.848. The maximum Gasteiger partial charge on any atom is 0.0572 e. The average molecular weight is 156 g/mol. The lowest BCUT2D eigenvalue weighted by atomic mass is 10.1. The second-order valence-electron chi connectivity index (χ2n) is 2.91. The Kier molecular flexibility index (Phi) is 3.56. The zero-order valence-corrected chi connectivity index (χ0v) is 7.26. The quantitative estimate of drug-likeness (QED) is 0.473. The van der Waals surface area contributed by atoms with E-state index in [-0.39, 0.29) is 0 Å². The van der Waals surface area contributed by atoms with Gasteiger partial charge in [0.25, 0.3) is 0 Å². The number of nitrogens with zero attached hydrogens (tertiary/aromatic N) is 1. The first-order chi connectivity index (χ1) is 5.33. The van der Waals surface area contributed by atoms with Gasteiger partial charge < -0.3 is 9.74 Å². The van der Waals surface area contributed by atoms with Crippen LogP contribution in [0.25, 0.3) is 0 Å². The van der Waals surface area contributed by atoms with E-state index < -0.39 is 0 Å². The van der Waals surface area contributed by atoms with Gasteiger partial charge in [0.2, 0.25) is 0 Å². The summed E-state index contributed by atoms with van der Waals surface area (Å²) in [7, 11) is 3.78. The van der Waals surface area contributed by atoms with Gasteiger partial charge in [0.05, 0.1) is 7.11 Å². The van der Waals surface area contributed by atoms with Gasteiger partial charge in [-0.05, 0) is 19.0 Å². The Balaban J connectivity index is 2.27. The van der Waals surface area contributed by atoms with Crippen LogP contribution in [-0.4, -0.2) is 38.7 Å². The molecule has 0 amide bonds. The predicted octanol–water partition coefficient (Wildman–Crippen LogP) is 0.399. The third kappa shape index (κ3) is 3.01. The molecule has 0 aromatic carbocycles. The van der Waals surface area contributed by atoms with Crippen LogP contribution in [0.5, 0.6) is 0 Å². The van der Waals surface area contributed by atoms with Crippen LogP contribution in [-0.2, 0) is 4.84 Å². The normalized spacial score (nSPS) is 20.0. The maximum absolute atomic E-state index is 4.77. The number of rotatable bonds is 3. The molecule has 3 nitrogen and oxygen atoms in total. The lowest BCUT2D eigenvalue weighted by Crippen LogP contribution is -2.29. The minimum Gasteiger partial charge on any atom is -0.305 e. The molecule has 0 saturated heterocycles. The van der Waals surface area contributed by atoms with Crippen molar-refractivity contribution in [3.8, 4) is 0 Å². The highest BCUT2D eigenvalue weighted by atomic mass is 16.6. The Bertz CT molecular complexity index is 145. The summed E-state index contributed by atoms with van der Waals surface area (Å²) in [5.74, 6) is 0. The summed E-state index contributed by atoms with van der Waals surface area (Å²) in [5, 5.41) is 0. The lowest BCUT2D eigenvalue weighted by molar-refractivity contribution is 0.0972. The van der Waals surface area contributed by atoms with Crippen molar-refractivity contribution in [1.29, 1.82) is 0 Å². The molecule has 1 N–H and O–H groups in total. The van der Waals surface area contributed by atoms with Gasteiger partial charge in [-0.2, -0.15) is 5.48 Å². The molecule has 1 aliphatic rings. The van der Waals surface area contributed by atoms with Crippen LogP contribution < -0.4 is 5.48 Å². The van der Waals surface area contributed by atoms with E-state index in [1.807, 2.05) is 0 Å². The van der Waals surface area contributed by atoms with E-state index in [0.717, 1.165) is 19.5 Å². The van der Waals surface area contributed by atoms with E-state index in [9.17, 15) is 0 Å². The Hall–Kier alpha value is -0.380.